The summed E-state index contributed by atoms with van der Waals surface area (Å²) < 4.78 is 1.02. The third kappa shape index (κ3) is 3.82. The number of nitrogens with one attached hydrogen (secondary N) is 1. The molecule has 2 rings (SSSR count). The van der Waals surface area contributed by atoms with Gasteiger partial charge in [-0.25, -0.2) is 0 Å². The zero-order chi connectivity index (χ0) is 14.5. The van der Waals surface area contributed by atoms with Crippen molar-refractivity contribution < 1.29 is 9.59 Å². The molecule has 0 bridgehead atoms. The largest absolute Gasteiger partial charge is 0.350 e. The summed E-state index contributed by atoms with van der Waals surface area (Å²) in [6.07, 6.45) is 2.49. The highest BCUT2D eigenvalue weighted by Gasteiger charge is 2.20. The normalized spacial score (nSPS) is 15.3. The Morgan fingerprint density at radius 2 is 2.20 bits per heavy atom. The van der Waals surface area contributed by atoms with E-state index < -0.39 is 0 Å². The molecule has 5 heteroatoms. The Hall–Kier alpha value is -1.36. The maximum absolute atomic E-state index is 11.9. The molecular weight excluding hydrogens is 320 g/mol. The summed E-state index contributed by atoms with van der Waals surface area (Å²) in [7, 11) is 0. The van der Waals surface area contributed by atoms with Crippen LogP contribution in [0.5, 0.6) is 0 Å². The summed E-state index contributed by atoms with van der Waals surface area (Å²) in [5.74, 6) is -0.0169. The quantitative estimate of drug-likeness (QED) is 0.916. The molecule has 1 aromatic carbocycles. The fraction of sp³-hybridized carbons (Fsp3) is 0.467. The first kappa shape index (κ1) is 15.0. The van der Waals surface area contributed by atoms with Crippen LogP contribution in [0.2, 0.25) is 0 Å². The number of aryl methyl sites for hydroxylation is 1. The highest BCUT2D eigenvalue weighted by atomic mass is 79.9. The van der Waals surface area contributed by atoms with E-state index in [1.807, 2.05) is 25.1 Å². The molecule has 1 N–H and O–H groups in total. The van der Waals surface area contributed by atoms with Gasteiger partial charge in [0.05, 0.1) is 6.54 Å². The lowest BCUT2D eigenvalue weighted by Gasteiger charge is -2.26. The number of carbonyl (C=O) groups excluding carboxylic acids is 2. The van der Waals surface area contributed by atoms with Gasteiger partial charge in [-0.2, -0.15) is 0 Å². The molecule has 0 spiro atoms. The molecule has 0 saturated carbocycles. The molecule has 1 saturated heterocycles. The number of carbonyl (C=O) groups is 2. The first-order chi connectivity index (χ1) is 9.58. The Kier molecular flexibility index (Phi) is 5.17. The van der Waals surface area contributed by atoms with Crippen molar-refractivity contribution in [2.75, 3.05) is 13.1 Å². The number of likely N-dealkylation sites (tertiary alicyclic amines) is 1. The van der Waals surface area contributed by atoms with Gasteiger partial charge in [-0.1, -0.05) is 34.1 Å². The third-order valence-corrected chi connectivity index (χ3v) is 4.64. The molecule has 4 nitrogen and oxygen atoms in total. The molecule has 0 radical (unpaired) electrons. The number of amides is 2. The molecule has 1 aromatic rings. The van der Waals surface area contributed by atoms with Crippen LogP contribution in [-0.4, -0.2) is 29.8 Å². The molecule has 1 fully saturated rings. The zero-order valence-corrected chi connectivity index (χ0v) is 13.2. The molecular formula is C15H19BrN2O2. The van der Waals surface area contributed by atoms with Crippen molar-refractivity contribution in [2.24, 2.45) is 0 Å². The van der Waals surface area contributed by atoms with Crippen molar-refractivity contribution in [1.82, 2.24) is 10.2 Å². The van der Waals surface area contributed by atoms with Gasteiger partial charge >= 0.3 is 0 Å². The Morgan fingerprint density at radius 1 is 1.40 bits per heavy atom. The summed E-state index contributed by atoms with van der Waals surface area (Å²) in [4.78, 5) is 25.2. The predicted octanol–water partition coefficient (Wildman–Crippen LogP) is 2.39. The van der Waals surface area contributed by atoms with Crippen molar-refractivity contribution in [3.05, 3.63) is 33.8 Å². The molecule has 1 aliphatic rings. The minimum atomic E-state index is -0.103. The molecule has 20 heavy (non-hydrogen) atoms. The van der Waals surface area contributed by atoms with E-state index in [1.54, 1.807) is 4.90 Å². The van der Waals surface area contributed by atoms with Crippen LogP contribution >= 0.6 is 15.9 Å². The molecule has 1 heterocycles. The van der Waals surface area contributed by atoms with E-state index in [0.717, 1.165) is 28.4 Å². The van der Waals surface area contributed by atoms with Gasteiger partial charge in [0, 0.05) is 24.0 Å². The van der Waals surface area contributed by atoms with Crippen LogP contribution in [0, 0.1) is 6.92 Å². The molecule has 0 aromatic heterocycles. The van der Waals surface area contributed by atoms with Gasteiger partial charge in [0.25, 0.3) is 0 Å². The van der Waals surface area contributed by atoms with Gasteiger partial charge in [-0.15, -0.1) is 0 Å². The van der Waals surface area contributed by atoms with Crippen LogP contribution in [0.1, 0.15) is 30.4 Å². The number of hydrogen-bond donors (Lipinski definition) is 1. The predicted molar refractivity (Wildman–Crippen MR) is 81.2 cm³/mol. The minimum Gasteiger partial charge on any atom is -0.350 e. The van der Waals surface area contributed by atoms with Crippen LogP contribution in [0.15, 0.2) is 22.7 Å². The smallest absolute Gasteiger partial charge is 0.239 e. The SMILES string of the molecule is Cc1cccc(CNC(=O)CN2CCCCC2=O)c1Br. The van der Waals surface area contributed by atoms with E-state index in [2.05, 4.69) is 21.2 Å². The first-order valence-electron chi connectivity index (χ1n) is 6.86. The second-order valence-electron chi connectivity index (χ2n) is 5.10. The van der Waals surface area contributed by atoms with Crippen molar-refractivity contribution >= 4 is 27.7 Å². The number of benzene rings is 1. The van der Waals surface area contributed by atoms with E-state index in [4.69, 9.17) is 0 Å². The van der Waals surface area contributed by atoms with Crippen molar-refractivity contribution in [2.45, 2.75) is 32.7 Å². The van der Waals surface area contributed by atoms with Crippen LogP contribution in [-0.2, 0) is 16.1 Å². The Labute approximate surface area is 127 Å². The standard InChI is InChI=1S/C15H19BrN2O2/c1-11-5-4-6-12(15(11)16)9-17-13(19)10-18-8-3-2-7-14(18)20/h4-6H,2-3,7-10H2,1H3,(H,17,19). The minimum absolute atomic E-state index is 0.0862. The lowest BCUT2D eigenvalue weighted by molar-refractivity contribution is -0.137. The molecule has 0 aliphatic carbocycles. The molecule has 0 atom stereocenters. The van der Waals surface area contributed by atoms with E-state index in [9.17, 15) is 9.59 Å². The summed E-state index contributed by atoms with van der Waals surface area (Å²) in [5.41, 5.74) is 2.19. The van der Waals surface area contributed by atoms with Crippen LogP contribution in [0.25, 0.3) is 0 Å². The van der Waals surface area contributed by atoms with Gasteiger partial charge in [0.2, 0.25) is 11.8 Å². The monoisotopic (exact) mass is 338 g/mol. The van der Waals surface area contributed by atoms with Gasteiger partial charge in [0.1, 0.15) is 0 Å². The lowest BCUT2D eigenvalue weighted by atomic mass is 10.1. The first-order valence-corrected chi connectivity index (χ1v) is 7.65. The second-order valence-corrected chi connectivity index (χ2v) is 5.89. The van der Waals surface area contributed by atoms with Crippen LogP contribution < -0.4 is 5.32 Å². The lowest BCUT2D eigenvalue weighted by Crippen LogP contribution is -2.42. The Bertz CT molecular complexity index is 517. The van der Waals surface area contributed by atoms with Crippen LogP contribution in [0.4, 0.5) is 0 Å². The van der Waals surface area contributed by atoms with Crippen LogP contribution in [0.3, 0.4) is 0 Å². The maximum atomic E-state index is 11.9. The maximum Gasteiger partial charge on any atom is 0.239 e. The second kappa shape index (κ2) is 6.88. The highest BCUT2D eigenvalue weighted by Crippen LogP contribution is 2.20. The van der Waals surface area contributed by atoms with Crippen molar-refractivity contribution in [3.8, 4) is 0 Å². The van der Waals surface area contributed by atoms with Gasteiger partial charge in [0.15, 0.2) is 0 Å². The summed E-state index contributed by atoms with van der Waals surface area (Å²) in [5, 5.41) is 2.87. The van der Waals surface area contributed by atoms with Gasteiger partial charge in [-0.3, -0.25) is 9.59 Å². The van der Waals surface area contributed by atoms with E-state index >= 15 is 0 Å². The number of nitrogens with zero attached hydrogens (tertiary/aromatic N) is 1. The molecule has 0 unspecified atom stereocenters. The van der Waals surface area contributed by atoms with Gasteiger partial charge < -0.3 is 10.2 Å². The Morgan fingerprint density at radius 3 is 2.95 bits per heavy atom. The Balaban J connectivity index is 1.86. The van der Waals surface area contributed by atoms with Crippen molar-refractivity contribution in [1.29, 1.82) is 0 Å². The summed E-state index contributed by atoms with van der Waals surface area (Å²) in [6.45, 7) is 3.35. The van der Waals surface area contributed by atoms with E-state index in [1.165, 1.54) is 0 Å². The zero-order valence-electron chi connectivity index (χ0n) is 11.6. The topological polar surface area (TPSA) is 49.4 Å². The van der Waals surface area contributed by atoms with E-state index in [0.29, 0.717) is 19.5 Å². The third-order valence-electron chi connectivity index (χ3n) is 3.50. The number of rotatable bonds is 4. The van der Waals surface area contributed by atoms with Gasteiger partial charge in [-0.05, 0) is 30.9 Å². The van der Waals surface area contributed by atoms with Crippen molar-refractivity contribution in [3.63, 3.8) is 0 Å². The molecule has 2 amide bonds. The average Bonchev–Trinajstić information content (AvgIpc) is 2.43. The highest BCUT2D eigenvalue weighted by molar-refractivity contribution is 9.10. The number of hydrogen-bond acceptors (Lipinski definition) is 2. The summed E-state index contributed by atoms with van der Waals surface area (Å²) >= 11 is 3.52. The summed E-state index contributed by atoms with van der Waals surface area (Å²) in [6, 6.07) is 5.96. The molecule has 108 valence electrons. The number of halogens is 1. The fourth-order valence-electron chi connectivity index (χ4n) is 2.30. The molecule has 1 aliphatic heterocycles. The fourth-order valence-corrected chi connectivity index (χ4v) is 2.70. The number of piperidine rings is 1. The van der Waals surface area contributed by atoms with E-state index in [-0.39, 0.29) is 18.4 Å². The average molecular weight is 339 g/mol.